The standard InChI is InChI=1S/C15H14N4OS3/c1-3-21-15-19-18-14(23-15)17-12(20)11-8-22-13(16-11)10-6-4-9(2)5-7-10/h4-8H,3H2,1-2H3,(H,17,18,20). The van der Waals surface area contributed by atoms with Gasteiger partial charge in [-0.2, -0.15) is 0 Å². The molecule has 0 atom stereocenters. The summed E-state index contributed by atoms with van der Waals surface area (Å²) in [6.45, 7) is 4.09. The highest BCUT2D eigenvalue weighted by Gasteiger charge is 2.14. The van der Waals surface area contributed by atoms with Crippen LogP contribution in [0.25, 0.3) is 10.6 Å². The van der Waals surface area contributed by atoms with E-state index in [4.69, 9.17) is 0 Å². The van der Waals surface area contributed by atoms with Crippen LogP contribution in [0.2, 0.25) is 0 Å². The van der Waals surface area contributed by atoms with Gasteiger partial charge in [0.25, 0.3) is 5.91 Å². The Balaban J connectivity index is 1.71. The Morgan fingerprint density at radius 3 is 2.78 bits per heavy atom. The van der Waals surface area contributed by atoms with E-state index in [9.17, 15) is 4.79 Å². The summed E-state index contributed by atoms with van der Waals surface area (Å²) < 4.78 is 0.849. The van der Waals surface area contributed by atoms with Crippen molar-refractivity contribution in [3.05, 3.63) is 40.9 Å². The fourth-order valence-corrected chi connectivity index (χ4v) is 4.26. The predicted octanol–water partition coefficient (Wildman–Crippen LogP) is 4.33. The third kappa shape index (κ3) is 3.95. The second-order valence-electron chi connectivity index (χ2n) is 4.66. The smallest absolute Gasteiger partial charge is 0.276 e. The number of aryl methyl sites for hydroxylation is 1. The average Bonchev–Trinajstić information content (AvgIpc) is 3.18. The first-order chi connectivity index (χ1) is 11.2. The molecule has 0 radical (unpaired) electrons. The summed E-state index contributed by atoms with van der Waals surface area (Å²) in [6, 6.07) is 8.08. The summed E-state index contributed by atoms with van der Waals surface area (Å²) in [5.74, 6) is 0.665. The van der Waals surface area contributed by atoms with Crippen LogP contribution in [0.15, 0.2) is 34.0 Å². The molecule has 2 aromatic heterocycles. The zero-order valence-corrected chi connectivity index (χ0v) is 15.0. The van der Waals surface area contributed by atoms with Crippen molar-refractivity contribution in [1.29, 1.82) is 0 Å². The van der Waals surface area contributed by atoms with Crippen LogP contribution in [-0.2, 0) is 0 Å². The van der Waals surface area contributed by atoms with Gasteiger partial charge in [-0.15, -0.1) is 21.5 Å². The largest absolute Gasteiger partial charge is 0.295 e. The number of hydrogen-bond donors (Lipinski definition) is 1. The van der Waals surface area contributed by atoms with Gasteiger partial charge in [-0.1, -0.05) is 59.9 Å². The Morgan fingerprint density at radius 1 is 1.26 bits per heavy atom. The van der Waals surface area contributed by atoms with Crippen LogP contribution in [0.4, 0.5) is 5.13 Å². The molecule has 3 aromatic rings. The number of thioether (sulfide) groups is 1. The minimum atomic E-state index is -0.260. The molecule has 0 unspecified atom stereocenters. The van der Waals surface area contributed by atoms with E-state index in [1.165, 1.54) is 28.2 Å². The minimum Gasteiger partial charge on any atom is -0.295 e. The van der Waals surface area contributed by atoms with Crippen molar-refractivity contribution in [3.8, 4) is 10.6 Å². The zero-order valence-electron chi connectivity index (χ0n) is 12.6. The molecule has 8 heteroatoms. The van der Waals surface area contributed by atoms with Gasteiger partial charge < -0.3 is 0 Å². The number of benzene rings is 1. The Morgan fingerprint density at radius 2 is 2.04 bits per heavy atom. The number of carbonyl (C=O) groups is 1. The lowest BCUT2D eigenvalue weighted by atomic mass is 10.2. The first kappa shape index (κ1) is 16.1. The number of thiazole rings is 1. The van der Waals surface area contributed by atoms with E-state index in [-0.39, 0.29) is 5.91 Å². The van der Waals surface area contributed by atoms with Gasteiger partial charge in [-0.25, -0.2) is 4.98 Å². The predicted molar refractivity (Wildman–Crippen MR) is 96.5 cm³/mol. The molecule has 1 N–H and O–H groups in total. The van der Waals surface area contributed by atoms with E-state index >= 15 is 0 Å². The van der Waals surface area contributed by atoms with Gasteiger partial charge in [0.05, 0.1) is 0 Å². The van der Waals surface area contributed by atoms with Crippen molar-refractivity contribution >= 4 is 45.5 Å². The molecule has 0 fully saturated rings. The molecule has 0 spiro atoms. The number of nitrogens with one attached hydrogen (secondary N) is 1. The fourth-order valence-electron chi connectivity index (χ4n) is 1.81. The quantitative estimate of drug-likeness (QED) is 0.540. The van der Waals surface area contributed by atoms with Crippen LogP contribution in [0.3, 0.4) is 0 Å². The van der Waals surface area contributed by atoms with Crippen LogP contribution in [0.1, 0.15) is 23.0 Å². The number of aromatic nitrogens is 3. The van der Waals surface area contributed by atoms with Gasteiger partial charge in [0.15, 0.2) is 4.34 Å². The van der Waals surface area contributed by atoms with Crippen LogP contribution < -0.4 is 5.32 Å². The summed E-state index contributed by atoms with van der Waals surface area (Å²) in [5, 5.41) is 13.8. The Hall–Kier alpha value is -1.77. The third-order valence-electron chi connectivity index (χ3n) is 2.93. The van der Waals surface area contributed by atoms with Crippen molar-refractivity contribution in [3.63, 3.8) is 0 Å². The first-order valence-electron chi connectivity index (χ1n) is 6.96. The molecule has 0 aliphatic rings. The number of amides is 1. The lowest BCUT2D eigenvalue weighted by molar-refractivity contribution is 0.102. The molecular weight excluding hydrogens is 348 g/mol. The van der Waals surface area contributed by atoms with Gasteiger partial charge in [-0.3, -0.25) is 10.1 Å². The number of hydrogen-bond acceptors (Lipinski definition) is 7. The molecule has 0 saturated heterocycles. The van der Waals surface area contributed by atoms with E-state index in [1.54, 1.807) is 17.1 Å². The second-order valence-corrected chi connectivity index (χ2v) is 8.01. The van der Waals surface area contributed by atoms with Crippen molar-refractivity contribution < 1.29 is 4.79 Å². The number of rotatable bonds is 5. The molecule has 118 valence electrons. The van der Waals surface area contributed by atoms with E-state index in [2.05, 4.69) is 20.5 Å². The maximum atomic E-state index is 12.2. The maximum absolute atomic E-state index is 12.2. The molecule has 2 heterocycles. The van der Waals surface area contributed by atoms with E-state index < -0.39 is 0 Å². The van der Waals surface area contributed by atoms with Crippen molar-refractivity contribution in [2.75, 3.05) is 11.1 Å². The molecule has 0 saturated carbocycles. The summed E-state index contributed by atoms with van der Waals surface area (Å²) >= 11 is 4.42. The van der Waals surface area contributed by atoms with Crippen molar-refractivity contribution in [1.82, 2.24) is 15.2 Å². The molecule has 23 heavy (non-hydrogen) atoms. The second kappa shape index (κ2) is 7.20. The maximum Gasteiger partial charge on any atom is 0.276 e. The SMILES string of the molecule is CCSc1nnc(NC(=O)c2csc(-c3ccc(C)cc3)n2)s1. The summed E-state index contributed by atoms with van der Waals surface area (Å²) in [4.78, 5) is 16.7. The van der Waals surface area contributed by atoms with E-state index in [1.807, 2.05) is 38.1 Å². The van der Waals surface area contributed by atoms with Gasteiger partial charge >= 0.3 is 0 Å². The van der Waals surface area contributed by atoms with Crippen LogP contribution in [0.5, 0.6) is 0 Å². The Bertz CT molecular complexity index is 810. The van der Waals surface area contributed by atoms with Gasteiger partial charge in [0.1, 0.15) is 10.7 Å². The third-order valence-corrected chi connectivity index (χ3v) is 5.68. The number of anilines is 1. The molecular formula is C15H14N4OS3. The topological polar surface area (TPSA) is 67.8 Å². The van der Waals surface area contributed by atoms with Gasteiger partial charge in [0, 0.05) is 10.9 Å². The Kier molecular flexibility index (Phi) is 5.04. The molecule has 3 rings (SSSR count). The number of carbonyl (C=O) groups excluding carboxylic acids is 1. The van der Waals surface area contributed by atoms with Crippen molar-refractivity contribution in [2.45, 2.75) is 18.2 Å². The lowest BCUT2D eigenvalue weighted by Crippen LogP contribution is -2.12. The molecule has 0 bridgehead atoms. The molecule has 5 nitrogen and oxygen atoms in total. The zero-order chi connectivity index (χ0) is 16.2. The van der Waals surface area contributed by atoms with Gasteiger partial charge in [-0.05, 0) is 12.7 Å². The van der Waals surface area contributed by atoms with Crippen LogP contribution >= 0.6 is 34.4 Å². The minimum absolute atomic E-state index is 0.260. The molecule has 1 amide bonds. The first-order valence-corrected chi connectivity index (χ1v) is 9.64. The highest BCUT2D eigenvalue weighted by Crippen LogP contribution is 2.27. The van der Waals surface area contributed by atoms with Crippen molar-refractivity contribution in [2.24, 2.45) is 0 Å². The molecule has 0 aliphatic carbocycles. The summed E-state index contributed by atoms with van der Waals surface area (Å²) in [7, 11) is 0. The fraction of sp³-hybridized carbons (Fsp3) is 0.200. The average molecular weight is 363 g/mol. The summed E-state index contributed by atoms with van der Waals surface area (Å²) in [6.07, 6.45) is 0. The monoisotopic (exact) mass is 362 g/mol. The van der Waals surface area contributed by atoms with Crippen LogP contribution in [-0.4, -0.2) is 26.8 Å². The van der Waals surface area contributed by atoms with Crippen LogP contribution in [0, 0.1) is 6.92 Å². The summed E-state index contributed by atoms with van der Waals surface area (Å²) in [5.41, 5.74) is 2.60. The van der Waals surface area contributed by atoms with E-state index in [0.717, 1.165) is 20.7 Å². The van der Waals surface area contributed by atoms with Gasteiger partial charge in [0.2, 0.25) is 5.13 Å². The lowest BCUT2D eigenvalue weighted by Gasteiger charge is -1.98. The highest BCUT2D eigenvalue weighted by molar-refractivity contribution is 8.01. The molecule has 0 aliphatic heterocycles. The highest BCUT2D eigenvalue weighted by atomic mass is 32.2. The number of nitrogens with zero attached hydrogens (tertiary/aromatic N) is 3. The molecule has 1 aromatic carbocycles. The normalized spacial score (nSPS) is 10.7. The Labute approximate surface area is 146 Å². The van der Waals surface area contributed by atoms with E-state index in [0.29, 0.717) is 10.8 Å².